The molecule has 0 unspecified atom stereocenters. The van der Waals surface area contributed by atoms with E-state index in [0.717, 1.165) is 0 Å². The summed E-state index contributed by atoms with van der Waals surface area (Å²) in [7, 11) is 0. The molecule has 0 aliphatic carbocycles. The van der Waals surface area contributed by atoms with E-state index >= 15 is 0 Å². The summed E-state index contributed by atoms with van der Waals surface area (Å²) in [5.41, 5.74) is 4.89. The topological polar surface area (TPSA) is 43.1 Å². The molecule has 0 radical (unpaired) electrons. The van der Waals surface area contributed by atoms with Gasteiger partial charge >= 0.3 is 0 Å². The van der Waals surface area contributed by atoms with Gasteiger partial charge in [0, 0.05) is 12.0 Å². The Kier molecular flexibility index (Phi) is 2.59. The van der Waals surface area contributed by atoms with Crippen molar-refractivity contribution in [2.45, 2.75) is 13.8 Å². The van der Waals surface area contributed by atoms with Gasteiger partial charge in [0.1, 0.15) is 0 Å². The fraction of sp³-hybridized carbons (Fsp3) is 0.571. The van der Waals surface area contributed by atoms with Gasteiger partial charge in [-0.05, 0) is 6.08 Å². The molecule has 0 amide bonds. The van der Waals surface area contributed by atoms with E-state index in [4.69, 9.17) is 5.73 Å². The number of carbonyl (C=O) groups excluding carboxylic acids is 1. The highest BCUT2D eigenvalue weighted by molar-refractivity contribution is 5.93. The standard InChI is InChI=1S/C7H13NO/c1-4-6(9)7(2,3)5-8/h4H,1,5,8H2,2-3H3. The molecular weight excluding hydrogens is 114 g/mol. The summed E-state index contributed by atoms with van der Waals surface area (Å²) in [6, 6.07) is 0. The molecule has 0 fully saturated rings. The number of ketones is 1. The molecule has 0 heterocycles. The van der Waals surface area contributed by atoms with E-state index in [1.54, 1.807) is 13.8 Å². The molecule has 0 aliphatic heterocycles. The van der Waals surface area contributed by atoms with Gasteiger partial charge in [-0.15, -0.1) is 0 Å². The summed E-state index contributed by atoms with van der Waals surface area (Å²) >= 11 is 0. The van der Waals surface area contributed by atoms with E-state index < -0.39 is 5.41 Å². The Bertz CT molecular complexity index is 127. The van der Waals surface area contributed by atoms with Crippen LogP contribution in [0.3, 0.4) is 0 Å². The van der Waals surface area contributed by atoms with Crippen LogP contribution in [0.2, 0.25) is 0 Å². The fourth-order valence-electron chi connectivity index (χ4n) is 0.377. The molecular formula is C7H13NO. The fourth-order valence-corrected chi connectivity index (χ4v) is 0.377. The van der Waals surface area contributed by atoms with E-state index in [1.807, 2.05) is 0 Å². The lowest BCUT2D eigenvalue weighted by molar-refractivity contribution is -0.121. The van der Waals surface area contributed by atoms with Crippen molar-refractivity contribution < 1.29 is 4.79 Å². The van der Waals surface area contributed by atoms with E-state index in [1.165, 1.54) is 6.08 Å². The third-order valence-electron chi connectivity index (χ3n) is 1.36. The van der Waals surface area contributed by atoms with Crippen molar-refractivity contribution in [3.05, 3.63) is 12.7 Å². The predicted octanol–water partition coefficient (Wildman–Crippen LogP) is 0.726. The van der Waals surface area contributed by atoms with E-state index in [2.05, 4.69) is 6.58 Å². The first-order valence-corrected chi connectivity index (χ1v) is 2.91. The van der Waals surface area contributed by atoms with Crippen LogP contribution in [-0.4, -0.2) is 12.3 Å². The van der Waals surface area contributed by atoms with Gasteiger partial charge in [-0.3, -0.25) is 4.79 Å². The summed E-state index contributed by atoms with van der Waals surface area (Å²) < 4.78 is 0. The first-order valence-electron chi connectivity index (χ1n) is 2.91. The maximum absolute atomic E-state index is 10.9. The molecule has 0 atom stereocenters. The lowest BCUT2D eigenvalue weighted by atomic mass is 9.88. The zero-order chi connectivity index (χ0) is 7.49. The van der Waals surface area contributed by atoms with Crippen molar-refractivity contribution in [2.24, 2.45) is 11.1 Å². The Morgan fingerprint density at radius 1 is 1.78 bits per heavy atom. The summed E-state index contributed by atoms with van der Waals surface area (Å²) in [6.07, 6.45) is 1.31. The lowest BCUT2D eigenvalue weighted by Gasteiger charge is -2.17. The second-order valence-corrected chi connectivity index (χ2v) is 2.66. The Balaban J connectivity index is 4.13. The second-order valence-electron chi connectivity index (χ2n) is 2.66. The summed E-state index contributed by atoms with van der Waals surface area (Å²) in [5, 5.41) is 0. The molecule has 0 aromatic heterocycles. The van der Waals surface area contributed by atoms with Crippen molar-refractivity contribution in [3.8, 4) is 0 Å². The zero-order valence-electron chi connectivity index (χ0n) is 5.98. The first kappa shape index (κ1) is 8.37. The highest BCUT2D eigenvalue weighted by Crippen LogP contribution is 2.13. The van der Waals surface area contributed by atoms with Crippen LogP contribution in [0, 0.1) is 5.41 Å². The van der Waals surface area contributed by atoms with Gasteiger partial charge in [0.2, 0.25) is 0 Å². The molecule has 0 spiro atoms. The molecule has 2 nitrogen and oxygen atoms in total. The SMILES string of the molecule is C=CC(=O)C(C)(C)CN. The normalized spacial score (nSPS) is 11.0. The van der Waals surface area contributed by atoms with Gasteiger partial charge in [-0.2, -0.15) is 0 Å². The average molecular weight is 127 g/mol. The molecule has 0 rings (SSSR count). The van der Waals surface area contributed by atoms with Crippen LogP contribution >= 0.6 is 0 Å². The van der Waals surface area contributed by atoms with Gasteiger partial charge < -0.3 is 5.73 Å². The van der Waals surface area contributed by atoms with Crippen molar-refractivity contribution in [3.63, 3.8) is 0 Å². The van der Waals surface area contributed by atoms with Crippen LogP contribution < -0.4 is 5.73 Å². The minimum atomic E-state index is -0.429. The maximum atomic E-state index is 10.9. The molecule has 0 saturated carbocycles. The molecule has 0 saturated heterocycles. The zero-order valence-corrected chi connectivity index (χ0v) is 5.98. The molecule has 2 heteroatoms. The first-order chi connectivity index (χ1) is 4.04. The average Bonchev–Trinajstić information content (AvgIpc) is 1.86. The highest BCUT2D eigenvalue weighted by atomic mass is 16.1. The van der Waals surface area contributed by atoms with Crippen molar-refractivity contribution in [1.29, 1.82) is 0 Å². The monoisotopic (exact) mass is 127 g/mol. The van der Waals surface area contributed by atoms with E-state index in [9.17, 15) is 4.79 Å². The maximum Gasteiger partial charge on any atom is 0.161 e. The molecule has 0 bridgehead atoms. The quantitative estimate of drug-likeness (QED) is 0.568. The minimum absolute atomic E-state index is 0.00463. The molecule has 52 valence electrons. The van der Waals surface area contributed by atoms with Crippen LogP contribution in [-0.2, 0) is 4.79 Å². The number of nitrogens with two attached hydrogens (primary N) is 1. The van der Waals surface area contributed by atoms with Crippen molar-refractivity contribution in [1.82, 2.24) is 0 Å². The highest BCUT2D eigenvalue weighted by Gasteiger charge is 2.22. The summed E-state index contributed by atoms with van der Waals surface area (Å²) in [5.74, 6) is 0.00463. The van der Waals surface area contributed by atoms with Gasteiger partial charge in [0.05, 0.1) is 0 Å². The molecule has 2 N–H and O–H groups in total. The van der Waals surface area contributed by atoms with Crippen LogP contribution in [0.4, 0.5) is 0 Å². The third kappa shape index (κ3) is 1.98. The molecule has 9 heavy (non-hydrogen) atoms. The van der Waals surface area contributed by atoms with Gasteiger partial charge in [-0.1, -0.05) is 20.4 Å². The van der Waals surface area contributed by atoms with Gasteiger partial charge in [0.15, 0.2) is 5.78 Å². The van der Waals surface area contributed by atoms with Crippen LogP contribution in [0.1, 0.15) is 13.8 Å². The van der Waals surface area contributed by atoms with Crippen LogP contribution in [0.25, 0.3) is 0 Å². The Labute approximate surface area is 55.7 Å². The third-order valence-corrected chi connectivity index (χ3v) is 1.36. The molecule has 0 aromatic carbocycles. The van der Waals surface area contributed by atoms with Gasteiger partial charge in [0.25, 0.3) is 0 Å². The van der Waals surface area contributed by atoms with E-state index in [0.29, 0.717) is 6.54 Å². The minimum Gasteiger partial charge on any atom is -0.329 e. The predicted molar refractivity (Wildman–Crippen MR) is 38.0 cm³/mol. The van der Waals surface area contributed by atoms with E-state index in [-0.39, 0.29) is 5.78 Å². The summed E-state index contributed by atoms with van der Waals surface area (Å²) in [6.45, 7) is 7.35. The van der Waals surface area contributed by atoms with Crippen LogP contribution in [0.5, 0.6) is 0 Å². The Hall–Kier alpha value is -0.630. The van der Waals surface area contributed by atoms with Crippen molar-refractivity contribution >= 4 is 5.78 Å². The molecule has 0 aliphatic rings. The second kappa shape index (κ2) is 2.78. The Morgan fingerprint density at radius 2 is 2.22 bits per heavy atom. The Morgan fingerprint density at radius 3 is 2.33 bits per heavy atom. The number of allylic oxidation sites excluding steroid dienone is 1. The number of hydrogen-bond acceptors (Lipinski definition) is 2. The number of carbonyl (C=O) groups is 1. The smallest absolute Gasteiger partial charge is 0.161 e. The summed E-state index contributed by atoms with van der Waals surface area (Å²) in [4.78, 5) is 10.9. The lowest BCUT2D eigenvalue weighted by Crippen LogP contribution is -2.31. The van der Waals surface area contributed by atoms with Crippen molar-refractivity contribution in [2.75, 3.05) is 6.54 Å². The van der Waals surface area contributed by atoms with Crippen LogP contribution in [0.15, 0.2) is 12.7 Å². The number of hydrogen-bond donors (Lipinski definition) is 1. The number of rotatable bonds is 3. The largest absolute Gasteiger partial charge is 0.329 e. The molecule has 0 aromatic rings. The van der Waals surface area contributed by atoms with Gasteiger partial charge in [-0.25, -0.2) is 0 Å².